The fourth-order valence-corrected chi connectivity index (χ4v) is 3.05. The van der Waals surface area contributed by atoms with Crippen LogP contribution in [0.5, 0.6) is 0 Å². The van der Waals surface area contributed by atoms with Gasteiger partial charge in [-0.2, -0.15) is 5.10 Å². The van der Waals surface area contributed by atoms with Crippen LogP contribution < -0.4 is 5.32 Å². The highest BCUT2D eigenvalue weighted by Gasteiger charge is 2.42. The van der Waals surface area contributed by atoms with Crippen LogP contribution >= 0.6 is 0 Å². The molecule has 122 valence electrons. The van der Waals surface area contributed by atoms with Crippen LogP contribution in [0.25, 0.3) is 0 Å². The number of aromatic nitrogens is 2. The fourth-order valence-electron chi connectivity index (χ4n) is 3.05. The van der Waals surface area contributed by atoms with Gasteiger partial charge < -0.3 is 5.32 Å². The van der Waals surface area contributed by atoms with E-state index in [1.165, 1.54) is 0 Å². The van der Waals surface area contributed by atoms with E-state index in [9.17, 15) is 9.18 Å². The van der Waals surface area contributed by atoms with Gasteiger partial charge in [0, 0.05) is 37.9 Å². The molecule has 0 radical (unpaired) electrons. The molecule has 2 heterocycles. The van der Waals surface area contributed by atoms with Gasteiger partial charge in [0.25, 0.3) is 5.91 Å². The minimum Gasteiger partial charge on any atom is -0.353 e. The lowest BCUT2D eigenvalue weighted by Crippen LogP contribution is -2.54. The molecule has 1 atom stereocenters. The van der Waals surface area contributed by atoms with E-state index in [-0.39, 0.29) is 6.54 Å². The quantitative estimate of drug-likeness (QED) is 0.871. The summed E-state index contributed by atoms with van der Waals surface area (Å²) in [5, 5.41) is 7.04. The maximum Gasteiger partial charge on any atom is 0.259 e. The molecule has 1 amide bonds. The predicted molar refractivity (Wildman–Crippen MR) is 82.0 cm³/mol. The number of hydrogen-bond acceptors (Lipinski definition) is 3. The van der Waals surface area contributed by atoms with E-state index in [1.807, 2.05) is 28.9 Å². The highest BCUT2D eigenvalue weighted by Crippen LogP contribution is 2.29. The third-order valence-electron chi connectivity index (χ3n) is 4.59. The number of carbonyl (C=O) groups is 1. The highest BCUT2D eigenvalue weighted by molar-refractivity contribution is 5.85. The van der Waals surface area contributed by atoms with Crippen molar-refractivity contribution in [1.82, 2.24) is 20.0 Å². The maximum absolute atomic E-state index is 15.0. The molecule has 1 aromatic rings. The number of nitrogens with zero attached hydrogens (tertiary/aromatic N) is 3. The van der Waals surface area contributed by atoms with Crippen molar-refractivity contribution in [2.24, 2.45) is 5.92 Å². The zero-order valence-corrected chi connectivity index (χ0v) is 13.2. The number of nitrogens with one attached hydrogen (secondary N) is 1. The van der Waals surface area contributed by atoms with Crippen molar-refractivity contribution in [1.29, 1.82) is 0 Å². The summed E-state index contributed by atoms with van der Waals surface area (Å²) >= 11 is 0. The number of amides is 1. The number of halogens is 1. The zero-order chi connectivity index (χ0) is 15.6. The van der Waals surface area contributed by atoms with Crippen molar-refractivity contribution in [3.63, 3.8) is 0 Å². The Bertz CT molecular complexity index is 528. The Kier molecular flexibility index (Phi) is 4.47. The third-order valence-corrected chi connectivity index (χ3v) is 4.59. The Hall–Kier alpha value is -1.43. The van der Waals surface area contributed by atoms with Crippen molar-refractivity contribution in [2.75, 3.05) is 19.6 Å². The van der Waals surface area contributed by atoms with Gasteiger partial charge in [0.2, 0.25) is 5.67 Å². The van der Waals surface area contributed by atoms with Gasteiger partial charge in [-0.1, -0.05) is 0 Å². The SMILES string of the molecule is CCn1cc(CN2CCCC(F)(C(=O)NCC3CC3)C2)cn1. The van der Waals surface area contributed by atoms with Gasteiger partial charge in [-0.15, -0.1) is 0 Å². The van der Waals surface area contributed by atoms with Gasteiger partial charge in [-0.3, -0.25) is 14.4 Å². The summed E-state index contributed by atoms with van der Waals surface area (Å²) in [5.74, 6) is 0.153. The van der Waals surface area contributed by atoms with Gasteiger partial charge in [0.15, 0.2) is 0 Å². The number of alkyl halides is 1. The lowest BCUT2D eigenvalue weighted by molar-refractivity contribution is -0.136. The molecule has 1 aromatic heterocycles. The minimum atomic E-state index is -1.74. The molecule has 1 unspecified atom stereocenters. The zero-order valence-electron chi connectivity index (χ0n) is 13.2. The Labute approximate surface area is 130 Å². The van der Waals surface area contributed by atoms with Gasteiger partial charge in [0.1, 0.15) is 0 Å². The third kappa shape index (κ3) is 3.66. The Morgan fingerprint density at radius 2 is 2.36 bits per heavy atom. The molecule has 0 aromatic carbocycles. The van der Waals surface area contributed by atoms with Crippen molar-refractivity contribution in [2.45, 2.75) is 51.4 Å². The molecule has 1 saturated heterocycles. The normalized spacial score (nSPS) is 26.1. The summed E-state index contributed by atoms with van der Waals surface area (Å²) in [5.41, 5.74) is -0.669. The molecule has 3 rings (SSSR count). The first-order chi connectivity index (χ1) is 10.6. The number of piperidine rings is 1. The average Bonchev–Trinajstić information content (AvgIpc) is 3.23. The fraction of sp³-hybridized carbons (Fsp3) is 0.750. The first-order valence-corrected chi connectivity index (χ1v) is 8.30. The molecular formula is C16H25FN4O. The monoisotopic (exact) mass is 308 g/mol. The van der Waals surface area contributed by atoms with Crippen LogP contribution in [0, 0.1) is 5.92 Å². The van der Waals surface area contributed by atoms with E-state index in [4.69, 9.17) is 0 Å². The minimum absolute atomic E-state index is 0.181. The second-order valence-corrected chi connectivity index (χ2v) is 6.64. The summed E-state index contributed by atoms with van der Waals surface area (Å²) < 4.78 is 16.9. The molecule has 0 bridgehead atoms. The topological polar surface area (TPSA) is 50.2 Å². The Balaban J connectivity index is 1.56. The van der Waals surface area contributed by atoms with Crippen LogP contribution in [0.2, 0.25) is 0 Å². The lowest BCUT2D eigenvalue weighted by Gasteiger charge is -2.36. The molecule has 5 nitrogen and oxygen atoms in total. The van der Waals surface area contributed by atoms with E-state index < -0.39 is 11.6 Å². The number of rotatable bonds is 6. The Morgan fingerprint density at radius 1 is 1.55 bits per heavy atom. The molecule has 1 N–H and O–H groups in total. The van der Waals surface area contributed by atoms with Crippen molar-refractivity contribution in [3.05, 3.63) is 18.0 Å². The summed E-state index contributed by atoms with van der Waals surface area (Å²) in [6.07, 6.45) is 7.18. The molecule has 2 fully saturated rings. The first kappa shape index (κ1) is 15.5. The van der Waals surface area contributed by atoms with Crippen LogP contribution in [0.3, 0.4) is 0 Å². The summed E-state index contributed by atoms with van der Waals surface area (Å²) in [6.45, 7) is 5.17. The van der Waals surface area contributed by atoms with Crippen LogP contribution in [-0.2, 0) is 17.9 Å². The van der Waals surface area contributed by atoms with E-state index in [0.29, 0.717) is 25.4 Å². The molecule has 0 spiro atoms. The van der Waals surface area contributed by atoms with E-state index >= 15 is 0 Å². The second-order valence-electron chi connectivity index (χ2n) is 6.64. The summed E-state index contributed by atoms with van der Waals surface area (Å²) in [6, 6.07) is 0. The molecule has 1 saturated carbocycles. The van der Waals surface area contributed by atoms with E-state index in [1.54, 1.807) is 0 Å². The largest absolute Gasteiger partial charge is 0.353 e. The van der Waals surface area contributed by atoms with Crippen LogP contribution in [0.4, 0.5) is 4.39 Å². The number of carbonyl (C=O) groups excluding carboxylic acids is 1. The maximum atomic E-state index is 15.0. The molecule has 1 aliphatic heterocycles. The average molecular weight is 308 g/mol. The predicted octanol–water partition coefficient (Wildman–Crippen LogP) is 1.73. The summed E-state index contributed by atoms with van der Waals surface area (Å²) in [7, 11) is 0. The van der Waals surface area contributed by atoms with E-state index in [2.05, 4.69) is 10.4 Å². The lowest BCUT2D eigenvalue weighted by atomic mass is 9.93. The molecule has 1 aliphatic carbocycles. The number of aryl methyl sites for hydroxylation is 1. The van der Waals surface area contributed by atoms with Crippen LogP contribution in [0.1, 0.15) is 38.2 Å². The molecular weight excluding hydrogens is 283 g/mol. The van der Waals surface area contributed by atoms with Gasteiger partial charge in [-0.25, -0.2) is 4.39 Å². The van der Waals surface area contributed by atoms with Gasteiger partial charge in [-0.05, 0) is 45.1 Å². The van der Waals surface area contributed by atoms with Crippen molar-refractivity contribution < 1.29 is 9.18 Å². The highest BCUT2D eigenvalue weighted by atomic mass is 19.1. The standard InChI is InChI=1S/C16H25FN4O/c1-2-21-11-14(9-19-21)10-20-7-3-6-16(17,12-20)15(22)18-8-13-4-5-13/h9,11,13H,2-8,10,12H2,1H3,(H,18,22). The molecule has 2 aliphatic rings. The molecule has 22 heavy (non-hydrogen) atoms. The van der Waals surface area contributed by atoms with Crippen LogP contribution in [0.15, 0.2) is 12.4 Å². The number of likely N-dealkylation sites (tertiary alicyclic amines) is 1. The Morgan fingerprint density at radius 3 is 3.05 bits per heavy atom. The van der Waals surface area contributed by atoms with Crippen LogP contribution in [-0.4, -0.2) is 45.9 Å². The van der Waals surface area contributed by atoms with Gasteiger partial charge >= 0.3 is 0 Å². The first-order valence-electron chi connectivity index (χ1n) is 8.30. The van der Waals surface area contributed by atoms with E-state index in [0.717, 1.165) is 37.9 Å². The number of hydrogen-bond donors (Lipinski definition) is 1. The second kappa shape index (κ2) is 6.36. The molecule has 6 heteroatoms. The van der Waals surface area contributed by atoms with Gasteiger partial charge in [0.05, 0.1) is 6.20 Å². The van der Waals surface area contributed by atoms with Crippen molar-refractivity contribution in [3.8, 4) is 0 Å². The smallest absolute Gasteiger partial charge is 0.259 e. The van der Waals surface area contributed by atoms with Crippen molar-refractivity contribution >= 4 is 5.91 Å². The summed E-state index contributed by atoms with van der Waals surface area (Å²) in [4.78, 5) is 14.2.